The number of fused-ring (bicyclic) bond motifs is 1. The van der Waals surface area contributed by atoms with Crippen molar-refractivity contribution in [2.75, 3.05) is 19.6 Å². The summed E-state index contributed by atoms with van der Waals surface area (Å²) in [4.78, 5) is 14.9. The number of benzene rings is 1. The van der Waals surface area contributed by atoms with Crippen molar-refractivity contribution in [3.63, 3.8) is 0 Å². The lowest BCUT2D eigenvalue weighted by Crippen LogP contribution is -2.38. The fraction of sp³-hybridized carbons (Fsp3) is 0.556. The molecule has 1 atom stereocenters. The molecule has 124 valence electrons. The van der Waals surface area contributed by atoms with E-state index in [1.165, 1.54) is 25.8 Å². The van der Waals surface area contributed by atoms with Gasteiger partial charge in [-0.1, -0.05) is 12.5 Å². The molecule has 5 nitrogen and oxygen atoms in total. The molecular weight excluding hydrogens is 288 g/mol. The highest BCUT2D eigenvalue weighted by Gasteiger charge is 2.17. The van der Waals surface area contributed by atoms with Gasteiger partial charge in [-0.2, -0.15) is 5.10 Å². The molecule has 0 radical (unpaired) electrons. The summed E-state index contributed by atoms with van der Waals surface area (Å²) in [5.41, 5.74) is 1.60. The maximum Gasteiger partial charge on any atom is 0.252 e. The van der Waals surface area contributed by atoms with E-state index in [0.717, 1.165) is 42.9 Å². The Morgan fingerprint density at radius 1 is 1.39 bits per heavy atom. The lowest BCUT2D eigenvalue weighted by molar-refractivity contribution is 0.0953. The van der Waals surface area contributed by atoms with Crippen LogP contribution in [0.2, 0.25) is 0 Å². The van der Waals surface area contributed by atoms with Crippen molar-refractivity contribution in [3.8, 4) is 0 Å². The lowest BCUT2D eigenvalue weighted by Gasteiger charge is -2.33. The Bertz CT molecular complexity index is 651. The van der Waals surface area contributed by atoms with E-state index in [4.69, 9.17) is 0 Å². The molecule has 1 aromatic carbocycles. The Morgan fingerprint density at radius 3 is 3.17 bits per heavy atom. The molecule has 2 aromatic rings. The second-order valence-corrected chi connectivity index (χ2v) is 6.48. The van der Waals surface area contributed by atoms with Crippen LogP contribution in [0.3, 0.4) is 0 Å². The van der Waals surface area contributed by atoms with E-state index in [1.54, 1.807) is 6.20 Å². The Hall–Kier alpha value is -1.88. The molecule has 1 aliphatic heterocycles. The van der Waals surface area contributed by atoms with Crippen molar-refractivity contribution in [2.45, 2.75) is 45.1 Å². The van der Waals surface area contributed by atoms with Gasteiger partial charge in [0.05, 0.1) is 17.3 Å². The number of nitrogens with one attached hydrogen (secondary N) is 2. The molecule has 1 aliphatic rings. The summed E-state index contributed by atoms with van der Waals surface area (Å²) in [6, 6.07) is 6.38. The first-order valence-corrected chi connectivity index (χ1v) is 8.70. The SMILES string of the molecule is C[C@@H]1CCCCN1CCCCNC(=O)c1cccc2[nH]ncc12. The zero-order valence-corrected chi connectivity index (χ0v) is 13.8. The van der Waals surface area contributed by atoms with Crippen molar-refractivity contribution < 1.29 is 4.79 Å². The molecule has 1 amide bonds. The molecule has 0 spiro atoms. The number of carbonyl (C=O) groups is 1. The molecule has 0 aliphatic carbocycles. The monoisotopic (exact) mass is 314 g/mol. The molecule has 2 heterocycles. The topological polar surface area (TPSA) is 61.0 Å². The van der Waals surface area contributed by atoms with Crippen molar-refractivity contribution in [1.82, 2.24) is 20.4 Å². The largest absolute Gasteiger partial charge is 0.352 e. The van der Waals surface area contributed by atoms with E-state index in [0.29, 0.717) is 5.56 Å². The van der Waals surface area contributed by atoms with Gasteiger partial charge in [-0.05, 0) is 57.8 Å². The van der Waals surface area contributed by atoms with Gasteiger partial charge in [-0.15, -0.1) is 0 Å². The predicted octanol–water partition coefficient (Wildman–Crippen LogP) is 2.95. The van der Waals surface area contributed by atoms with Gasteiger partial charge in [-0.3, -0.25) is 9.89 Å². The van der Waals surface area contributed by atoms with Crippen molar-refractivity contribution in [3.05, 3.63) is 30.0 Å². The van der Waals surface area contributed by atoms with Gasteiger partial charge in [0.15, 0.2) is 0 Å². The Kier molecular flexibility index (Phi) is 5.28. The standard InChI is InChI=1S/C18H26N4O/c1-14-7-2-4-11-22(14)12-5-3-10-19-18(23)15-8-6-9-17-16(15)13-20-21-17/h6,8-9,13-14H,2-5,7,10-12H2,1H3,(H,19,23)(H,20,21)/t14-/m1/s1. The summed E-state index contributed by atoms with van der Waals surface area (Å²) in [5.74, 6) is -0.0108. The number of piperidine rings is 1. The number of amides is 1. The molecule has 1 fully saturated rings. The van der Waals surface area contributed by atoms with Gasteiger partial charge in [0.1, 0.15) is 0 Å². The number of hydrogen-bond acceptors (Lipinski definition) is 3. The number of H-pyrrole nitrogens is 1. The Balaban J connectivity index is 1.42. The number of likely N-dealkylation sites (tertiary alicyclic amines) is 1. The first-order valence-electron chi connectivity index (χ1n) is 8.70. The van der Waals surface area contributed by atoms with Crippen LogP contribution in [0.15, 0.2) is 24.4 Å². The zero-order valence-electron chi connectivity index (χ0n) is 13.8. The molecule has 2 N–H and O–H groups in total. The average Bonchev–Trinajstić information content (AvgIpc) is 3.04. The van der Waals surface area contributed by atoms with Crippen LogP contribution < -0.4 is 5.32 Å². The number of rotatable bonds is 6. The Morgan fingerprint density at radius 2 is 2.30 bits per heavy atom. The van der Waals surface area contributed by atoms with Gasteiger partial charge < -0.3 is 10.2 Å². The van der Waals surface area contributed by atoms with Gasteiger partial charge in [-0.25, -0.2) is 0 Å². The third kappa shape index (κ3) is 3.91. The van der Waals surface area contributed by atoms with Gasteiger partial charge in [0.25, 0.3) is 5.91 Å². The second kappa shape index (κ2) is 7.59. The van der Waals surface area contributed by atoms with Crippen LogP contribution in [0.5, 0.6) is 0 Å². The van der Waals surface area contributed by atoms with E-state index >= 15 is 0 Å². The van der Waals surface area contributed by atoms with E-state index < -0.39 is 0 Å². The highest BCUT2D eigenvalue weighted by atomic mass is 16.1. The van der Waals surface area contributed by atoms with E-state index in [1.807, 2.05) is 18.2 Å². The maximum atomic E-state index is 12.3. The smallest absolute Gasteiger partial charge is 0.252 e. The normalized spacial score (nSPS) is 19.1. The molecule has 0 saturated carbocycles. The van der Waals surface area contributed by atoms with Gasteiger partial charge in [0.2, 0.25) is 0 Å². The van der Waals surface area contributed by atoms with Crippen LogP contribution in [0.25, 0.3) is 10.9 Å². The number of carbonyl (C=O) groups excluding carboxylic acids is 1. The predicted molar refractivity (Wildman–Crippen MR) is 92.5 cm³/mol. The minimum Gasteiger partial charge on any atom is -0.352 e. The van der Waals surface area contributed by atoms with E-state index in [9.17, 15) is 4.79 Å². The highest BCUT2D eigenvalue weighted by Crippen LogP contribution is 2.17. The third-order valence-corrected chi connectivity index (χ3v) is 4.83. The van der Waals surface area contributed by atoms with Crippen LogP contribution in [0.1, 0.15) is 49.4 Å². The quantitative estimate of drug-likeness (QED) is 0.806. The summed E-state index contributed by atoms with van der Waals surface area (Å²) in [6.07, 6.45) is 7.90. The molecule has 5 heteroatoms. The minimum atomic E-state index is -0.0108. The Labute approximate surface area is 137 Å². The second-order valence-electron chi connectivity index (χ2n) is 6.48. The summed E-state index contributed by atoms with van der Waals surface area (Å²) in [5, 5.41) is 10.8. The highest BCUT2D eigenvalue weighted by molar-refractivity contribution is 6.05. The summed E-state index contributed by atoms with van der Waals surface area (Å²) < 4.78 is 0. The average molecular weight is 314 g/mol. The number of aromatic nitrogens is 2. The molecule has 0 bridgehead atoms. The fourth-order valence-electron chi connectivity index (χ4n) is 3.39. The van der Waals surface area contributed by atoms with Crippen molar-refractivity contribution in [1.29, 1.82) is 0 Å². The van der Waals surface area contributed by atoms with Crippen LogP contribution in [-0.4, -0.2) is 46.7 Å². The summed E-state index contributed by atoms with van der Waals surface area (Å²) in [6.45, 7) is 5.44. The molecule has 1 aromatic heterocycles. The molecule has 3 rings (SSSR count). The third-order valence-electron chi connectivity index (χ3n) is 4.83. The zero-order chi connectivity index (χ0) is 16.1. The molecule has 0 unspecified atom stereocenters. The van der Waals surface area contributed by atoms with Crippen molar-refractivity contribution in [2.24, 2.45) is 0 Å². The first kappa shape index (κ1) is 16.0. The van der Waals surface area contributed by atoms with Crippen LogP contribution in [0, 0.1) is 0 Å². The van der Waals surface area contributed by atoms with Crippen LogP contribution in [-0.2, 0) is 0 Å². The molecular formula is C18H26N4O. The van der Waals surface area contributed by atoms with Crippen LogP contribution in [0.4, 0.5) is 0 Å². The molecule has 1 saturated heterocycles. The van der Waals surface area contributed by atoms with E-state index in [2.05, 4.69) is 27.3 Å². The summed E-state index contributed by atoms with van der Waals surface area (Å²) >= 11 is 0. The molecule has 23 heavy (non-hydrogen) atoms. The number of hydrogen-bond donors (Lipinski definition) is 2. The van der Waals surface area contributed by atoms with Crippen molar-refractivity contribution >= 4 is 16.8 Å². The number of aromatic amines is 1. The first-order chi connectivity index (χ1) is 11.3. The summed E-state index contributed by atoms with van der Waals surface area (Å²) in [7, 11) is 0. The van der Waals surface area contributed by atoms with Gasteiger partial charge in [0, 0.05) is 18.0 Å². The number of unbranched alkanes of at least 4 members (excludes halogenated alkanes) is 1. The number of nitrogens with zero attached hydrogens (tertiary/aromatic N) is 2. The van der Waals surface area contributed by atoms with Gasteiger partial charge >= 0.3 is 0 Å². The fourth-order valence-corrected chi connectivity index (χ4v) is 3.39. The van der Waals surface area contributed by atoms with Crippen LogP contribution >= 0.6 is 0 Å². The van der Waals surface area contributed by atoms with E-state index in [-0.39, 0.29) is 5.91 Å². The minimum absolute atomic E-state index is 0.0108. The maximum absolute atomic E-state index is 12.3. The lowest BCUT2D eigenvalue weighted by atomic mass is 10.0.